The van der Waals surface area contributed by atoms with Gasteiger partial charge in [0.25, 0.3) is 0 Å². The summed E-state index contributed by atoms with van der Waals surface area (Å²) in [6, 6.07) is 17.5. The third-order valence-corrected chi connectivity index (χ3v) is 7.56. The molecule has 32 heavy (non-hydrogen) atoms. The van der Waals surface area contributed by atoms with Crippen LogP contribution in [0.4, 0.5) is 11.4 Å². The van der Waals surface area contributed by atoms with Crippen molar-refractivity contribution in [2.24, 2.45) is 0 Å². The van der Waals surface area contributed by atoms with E-state index >= 15 is 0 Å². The minimum atomic E-state index is -0.0110. The molecule has 0 N–H and O–H groups in total. The molecular formula is C29H34BrN2+. The molecule has 2 aromatic carbocycles. The van der Waals surface area contributed by atoms with Crippen LogP contribution in [-0.4, -0.2) is 23.4 Å². The largest absolute Gasteiger partial charge is 0.344 e. The van der Waals surface area contributed by atoms with Gasteiger partial charge in [0.05, 0.1) is 5.41 Å². The van der Waals surface area contributed by atoms with E-state index in [9.17, 15) is 0 Å². The molecule has 0 saturated carbocycles. The molecular weight excluding hydrogens is 456 g/mol. The van der Waals surface area contributed by atoms with Crippen molar-refractivity contribution >= 4 is 33.0 Å². The van der Waals surface area contributed by atoms with Gasteiger partial charge in [-0.25, -0.2) is 0 Å². The van der Waals surface area contributed by atoms with E-state index in [-0.39, 0.29) is 10.8 Å². The second-order valence-corrected chi connectivity index (χ2v) is 10.5. The van der Waals surface area contributed by atoms with Crippen LogP contribution in [0.1, 0.15) is 52.7 Å². The highest BCUT2D eigenvalue weighted by atomic mass is 79.9. The average Bonchev–Trinajstić information content (AvgIpc) is 3.14. The summed E-state index contributed by atoms with van der Waals surface area (Å²) in [5.41, 5.74) is 8.09. The zero-order valence-corrected chi connectivity index (χ0v) is 21.7. The molecule has 4 rings (SSSR count). The number of hydrogen-bond acceptors (Lipinski definition) is 1. The number of allylic oxidation sites excluding steroid dienone is 6. The normalized spacial score (nSPS) is 20.4. The number of nitrogens with zero attached hydrogens (tertiary/aromatic N) is 2. The van der Waals surface area contributed by atoms with Crippen LogP contribution in [0.3, 0.4) is 0 Å². The summed E-state index contributed by atoms with van der Waals surface area (Å²) in [7, 11) is 0. The van der Waals surface area contributed by atoms with Gasteiger partial charge in [0.15, 0.2) is 5.71 Å². The Morgan fingerprint density at radius 2 is 1.59 bits per heavy atom. The van der Waals surface area contributed by atoms with Crippen molar-refractivity contribution in [1.82, 2.24) is 0 Å². The van der Waals surface area contributed by atoms with E-state index in [1.54, 1.807) is 0 Å². The van der Waals surface area contributed by atoms with Gasteiger partial charge in [-0.15, -0.1) is 0 Å². The van der Waals surface area contributed by atoms with Gasteiger partial charge in [-0.2, -0.15) is 4.58 Å². The second-order valence-electron chi connectivity index (χ2n) is 9.59. The molecule has 0 fully saturated rings. The van der Waals surface area contributed by atoms with Gasteiger partial charge >= 0.3 is 0 Å². The molecule has 0 aromatic heterocycles. The fraction of sp³-hybridized carbons (Fsp3) is 0.345. The van der Waals surface area contributed by atoms with Gasteiger partial charge in [0.2, 0.25) is 5.69 Å². The maximum Gasteiger partial charge on any atom is 0.209 e. The first-order valence-corrected chi connectivity index (χ1v) is 12.4. The molecule has 0 atom stereocenters. The second kappa shape index (κ2) is 8.51. The molecule has 0 amide bonds. The van der Waals surface area contributed by atoms with E-state index in [0.717, 1.165) is 17.6 Å². The lowest BCUT2D eigenvalue weighted by Crippen LogP contribution is -2.27. The van der Waals surface area contributed by atoms with Gasteiger partial charge in [0.1, 0.15) is 6.54 Å². The first kappa shape index (κ1) is 22.8. The number of para-hydroxylation sites is 2. The number of fused-ring (bicyclic) bond motifs is 2. The molecule has 2 nitrogen and oxygen atoms in total. The number of rotatable bonds is 5. The first-order valence-electron chi connectivity index (χ1n) is 11.6. The summed E-state index contributed by atoms with van der Waals surface area (Å²) in [5, 5.41) is 0. The molecule has 2 aromatic rings. The lowest BCUT2D eigenvalue weighted by atomic mass is 9.81. The minimum absolute atomic E-state index is 0.0110. The Hall–Kier alpha value is -2.39. The number of hydrogen-bond donors (Lipinski definition) is 0. The Kier molecular flexibility index (Phi) is 6.06. The van der Waals surface area contributed by atoms with Crippen molar-refractivity contribution in [3.8, 4) is 0 Å². The summed E-state index contributed by atoms with van der Waals surface area (Å²) < 4.78 is 3.50. The third kappa shape index (κ3) is 3.61. The van der Waals surface area contributed by atoms with Gasteiger partial charge in [-0.1, -0.05) is 66.2 Å². The van der Waals surface area contributed by atoms with Crippen LogP contribution in [0.25, 0.3) is 0 Å². The topological polar surface area (TPSA) is 6.25 Å². The van der Waals surface area contributed by atoms with Crippen LogP contribution in [0.2, 0.25) is 0 Å². The van der Waals surface area contributed by atoms with Crippen LogP contribution in [0, 0.1) is 0 Å². The Morgan fingerprint density at radius 1 is 0.938 bits per heavy atom. The maximum absolute atomic E-state index is 3.80. The average molecular weight is 491 g/mol. The van der Waals surface area contributed by atoms with Crippen molar-refractivity contribution in [1.29, 1.82) is 0 Å². The van der Waals surface area contributed by atoms with E-state index in [1.165, 1.54) is 33.9 Å². The van der Waals surface area contributed by atoms with E-state index < -0.39 is 0 Å². The Morgan fingerprint density at radius 3 is 2.28 bits per heavy atom. The van der Waals surface area contributed by atoms with E-state index in [4.69, 9.17) is 0 Å². The molecule has 0 unspecified atom stereocenters. The van der Waals surface area contributed by atoms with E-state index in [0.29, 0.717) is 0 Å². The minimum Gasteiger partial charge on any atom is -0.344 e. The summed E-state index contributed by atoms with van der Waals surface area (Å²) in [4.78, 5) is 2.43. The highest BCUT2D eigenvalue weighted by Gasteiger charge is 2.43. The Bertz CT molecular complexity index is 1160. The quantitative estimate of drug-likeness (QED) is 0.309. The predicted octanol–water partition coefficient (Wildman–Crippen LogP) is 7.62. The molecule has 0 bridgehead atoms. The van der Waals surface area contributed by atoms with Crippen LogP contribution in [0.15, 0.2) is 83.0 Å². The van der Waals surface area contributed by atoms with E-state index in [1.807, 2.05) is 0 Å². The SMILES string of the molecule is CCN1/C(=C/C=C(Br)/C=C/C2=[N+](CC)c3ccccc3C2(C)C)C(C)(C)c2ccccc21. The number of benzene rings is 2. The number of halogens is 1. The highest BCUT2D eigenvalue weighted by molar-refractivity contribution is 9.11. The summed E-state index contributed by atoms with van der Waals surface area (Å²) in [6.07, 6.45) is 8.92. The maximum atomic E-state index is 3.80. The van der Waals surface area contributed by atoms with Crippen LogP contribution < -0.4 is 4.90 Å². The predicted molar refractivity (Wildman–Crippen MR) is 142 cm³/mol. The fourth-order valence-electron chi connectivity index (χ4n) is 5.34. The molecule has 2 aliphatic rings. The molecule has 0 saturated heterocycles. The number of anilines is 1. The van der Waals surface area contributed by atoms with Gasteiger partial charge in [-0.05, 0) is 57.6 Å². The van der Waals surface area contributed by atoms with Crippen LogP contribution in [-0.2, 0) is 10.8 Å². The fourth-order valence-corrected chi connectivity index (χ4v) is 5.60. The first-order chi connectivity index (χ1) is 15.2. The van der Waals surface area contributed by atoms with Gasteiger partial charge in [0, 0.05) is 45.5 Å². The summed E-state index contributed by atoms with van der Waals surface area (Å²) in [6.45, 7) is 15.6. The smallest absolute Gasteiger partial charge is 0.209 e. The Labute approximate surface area is 201 Å². The van der Waals surface area contributed by atoms with E-state index in [2.05, 4.69) is 140 Å². The van der Waals surface area contributed by atoms with Crippen molar-refractivity contribution < 1.29 is 4.58 Å². The highest BCUT2D eigenvalue weighted by Crippen LogP contribution is 2.47. The standard InChI is InChI=1S/C29H34BrN2/c1-7-31-24-15-11-9-13-22(24)28(3,4)26(31)19-17-21(30)18-20-27-29(5,6)23-14-10-12-16-25(23)32(27)8-2/h9-20H,7-8H2,1-6H3/q+1. The number of likely N-dealkylation sites (N-methyl/N-ethyl adjacent to an activating group) is 1. The van der Waals surface area contributed by atoms with Crippen molar-refractivity contribution in [3.63, 3.8) is 0 Å². The lowest BCUT2D eigenvalue weighted by molar-refractivity contribution is -0.433. The van der Waals surface area contributed by atoms with Gasteiger partial charge < -0.3 is 4.90 Å². The molecule has 0 radical (unpaired) electrons. The summed E-state index contributed by atoms with van der Waals surface area (Å²) >= 11 is 3.80. The van der Waals surface area contributed by atoms with Crippen molar-refractivity contribution in [2.45, 2.75) is 52.4 Å². The molecule has 0 aliphatic carbocycles. The molecule has 2 heterocycles. The van der Waals surface area contributed by atoms with Crippen molar-refractivity contribution in [2.75, 3.05) is 18.0 Å². The zero-order valence-electron chi connectivity index (χ0n) is 20.1. The van der Waals surface area contributed by atoms with Gasteiger partial charge in [-0.3, -0.25) is 0 Å². The molecule has 0 spiro atoms. The zero-order chi connectivity index (χ0) is 23.1. The third-order valence-electron chi connectivity index (χ3n) is 7.03. The monoisotopic (exact) mass is 489 g/mol. The lowest BCUT2D eigenvalue weighted by Gasteiger charge is -2.25. The molecule has 3 heteroatoms. The molecule has 166 valence electrons. The Balaban J connectivity index is 1.66. The summed E-state index contributed by atoms with van der Waals surface area (Å²) in [5.74, 6) is 0. The molecule has 2 aliphatic heterocycles. The van der Waals surface area contributed by atoms with Crippen LogP contribution >= 0.6 is 15.9 Å². The van der Waals surface area contributed by atoms with Crippen LogP contribution in [0.5, 0.6) is 0 Å². The van der Waals surface area contributed by atoms with Crippen molar-refractivity contribution in [3.05, 3.63) is 94.1 Å².